The van der Waals surface area contributed by atoms with Crippen molar-refractivity contribution in [2.75, 3.05) is 0 Å². The van der Waals surface area contributed by atoms with Gasteiger partial charge in [0.1, 0.15) is 5.82 Å². The Bertz CT molecular complexity index is 1030. The van der Waals surface area contributed by atoms with Crippen LogP contribution >= 0.6 is 0 Å². The maximum Gasteiger partial charge on any atom is 0.190 e. The number of carbonyl (C=O) groups is 1. The number of carbonyl (C=O) groups excluding carboxylic acids is 1. The van der Waals surface area contributed by atoms with Crippen molar-refractivity contribution >= 4 is 22.5 Å². The Labute approximate surface area is 152 Å². The molecule has 0 fully saturated rings. The van der Waals surface area contributed by atoms with Crippen LogP contribution in [0.4, 0.5) is 4.39 Å². The van der Waals surface area contributed by atoms with Gasteiger partial charge in [0.2, 0.25) is 0 Å². The van der Waals surface area contributed by atoms with Crippen molar-refractivity contribution in [1.29, 1.82) is 0 Å². The van der Waals surface area contributed by atoms with E-state index in [9.17, 15) is 9.18 Å². The van der Waals surface area contributed by atoms with E-state index in [4.69, 9.17) is 0 Å². The number of hydrogen-bond donors (Lipinski definition) is 0. The van der Waals surface area contributed by atoms with Crippen molar-refractivity contribution in [3.8, 4) is 0 Å². The Morgan fingerprint density at radius 1 is 0.577 bits per heavy atom. The topological polar surface area (TPSA) is 17.1 Å². The zero-order chi connectivity index (χ0) is 18.1. The Balaban J connectivity index is 2.01. The zero-order valence-electron chi connectivity index (χ0n) is 14.4. The largest absolute Gasteiger partial charge is 0.289 e. The summed E-state index contributed by atoms with van der Waals surface area (Å²) in [6.45, 7) is 1.85. The molecule has 0 heterocycles. The van der Waals surface area contributed by atoms with Crippen LogP contribution in [0, 0.1) is 5.82 Å². The summed E-state index contributed by atoms with van der Waals surface area (Å²) in [6, 6.07) is 26.0. The van der Waals surface area contributed by atoms with Crippen LogP contribution < -0.4 is 0 Å². The van der Waals surface area contributed by atoms with E-state index in [1.807, 2.05) is 67.6 Å². The van der Waals surface area contributed by atoms with Gasteiger partial charge < -0.3 is 0 Å². The van der Waals surface area contributed by atoms with Gasteiger partial charge in [-0.25, -0.2) is 4.39 Å². The number of benzene rings is 3. The summed E-state index contributed by atoms with van der Waals surface area (Å²) < 4.78 is 13.4. The van der Waals surface area contributed by atoms with Gasteiger partial charge in [-0.3, -0.25) is 4.79 Å². The highest BCUT2D eigenvalue weighted by Gasteiger charge is 2.32. The molecule has 3 aromatic carbocycles. The lowest BCUT2D eigenvalue weighted by Gasteiger charge is -2.13. The molecule has 0 atom stereocenters. The minimum absolute atomic E-state index is 0.0226. The Kier molecular flexibility index (Phi) is 4.10. The van der Waals surface area contributed by atoms with Crippen LogP contribution in [-0.4, -0.2) is 5.78 Å². The van der Waals surface area contributed by atoms with Crippen molar-refractivity contribution in [3.05, 3.63) is 113 Å². The van der Waals surface area contributed by atoms with E-state index < -0.39 is 0 Å². The van der Waals surface area contributed by atoms with Crippen molar-refractivity contribution < 1.29 is 9.18 Å². The van der Waals surface area contributed by atoms with Crippen molar-refractivity contribution in [2.24, 2.45) is 0 Å². The molecular formula is C24H17FO. The van der Waals surface area contributed by atoms with E-state index in [-0.39, 0.29) is 11.6 Å². The van der Waals surface area contributed by atoms with Gasteiger partial charge in [0.05, 0.1) is 0 Å². The number of hydrogen-bond acceptors (Lipinski definition) is 1. The van der Waals surface area contributed by atoms with Gasteiger partial charge >= 0.3 is 0 Å². The normalized spacial score (nSPS) is 14.3. The van der Waals surface area contributed by atoms with Crippen LogP contribution in [-0.2, 0) is 4.79 Å². The Morgan fingerprint density at radius 3 is 1.58 bits per heavy atom. The molecule has 1 aliphatic carbocycles. The average Bonchev–Trinajstić information content (AvgIpc) is 2.95. The fourth-order valence-electron chi connectivity index (χ4n) is 3.48. The first-order chi connectivity index (χ1) is 12.7. The summed E-state index contributed by atoms with van der Waals surface area (Å²) in [7, 11) is 0. The van der Waals surface area contributed by atoms with E-state index in [1.165, 1.54) is 12.1 Å². The first kappa shape index (κ1) is 16.2. The third-order valence-corrected chi connectivity index (χ3v) is 4.70. The standard InChI is InChI=1S/C24H17FO/c1-16-21(19-12-14-20(25)15-13-19)22(17-8-4-2-5-9-17)23(24(16)26)18-10-6-3-7-11-18/h2-15H,1H3. The first-order valence-electron chi connectivity index (χ1n) is 8.54. The third kappa shape index (κ3) is 2.70. The van der Waals surface area contributed by atoms with Gasteiger partial charge in [-0.05, 0) is 41.3 Å². The molecular weight excluding hydrogens is 323 g/mol. The van der Waals surface area contributed by atoms with Crippen LogP contribution in [0.25, 0.3) is 16.7 Å². The Morgan fingerprint density at radius 2 is 1.04 bits per heavy atom. The number of ketones is 1. The van der Waals surface area contributed by atoms with Gasteiger partial charge in [0.15, 0.2) is 5.78 Å². The molecule has 3 aromatic rings. The van der Waals surface area contributed by atoms with E-state index in [2.05, 4.69) is 0 Å². The monoisotopic (exact) mass is 340 g/mol. The predicted octanol–water partition coefficient (Wildman–Crippen LogP) is 5.79. The molecule has 4 rings (SSSR count). The summed E-state index contributed by atoms with van der Waals surface area (Å²) in [5.74, 6) is -0.265. The molecule has 0 saturated carbocycles. The maximum atomic E-state index is 13.4. The number of halogens is 1. The second kappa shape index (κ2) is 6.57. The highest BCUT2D eigenvalue weighted by molar-refractivity contribution is 6.47. The minimum Gasteiger partial charge on any atom is -0.289 e. The van der Waals surface area contributed by atoms with Gasteiger partial charge in [-0.15, -0.1) is 0 Å². The lowest BCUT2D eigenvalue weighted by Crippen LogP contribution is -1.99. The molecule has 1 nitrogen and oxygen atoms in total. The molecule has 0 unspecified atom stereocenters. The van der Waals surface area contributed by atoms with Gasteiger partial charge in [-0.1, -0.05) is 72.8 Å². The number of rotatable bonds is 3. The second-order valence-corrected chi connectivity index (χ2v) is 6.32. The molecule has 0 spiro atoms. The molecule has 0 radical (unpaired) electrons. The van der Waals surface area contributed by atoms with Crippen molar-refractivity contribution in [2.45, 2.75) is 6.92 Å². The van der Waals surface area contributed by atoms with Gasteiger partial charge in [0, 0.05) is 16.7 Å². The molecule has 126 valence electrons. The summed E-state index contributed by atoms with van der Waals surface area (Å²) in [5, 5.41) is 0. The fraction of sp³-hybridized carbons (Fsp3) is 0.0417. The van der Waals surface area contributed by atoms with Crippen LogP contribution in [0.15, 0.2) is 90.5 Å². The second-order valence-electron chi connectivity index (χ2n) is 6.32. The molecule has 0 N–H and O–H groups in total. The lowest BCUT2D eigenvalue weighted by molar-refractivity contribution is -0.110. The molecule has 0 aliphatic heterocycles. The van der Waals surface area contributed by atoms with E-state index in [0.29, 0.717) is 11.1 Å². The quantitative estimate of drug-likeness (QED) is 0.589. The van der Waals surface area contributed by atoms with E-state index in [0.717, 1.165) is 27.8 Å². The van der Waals surface area contributed by atoms with Crippen LogP contribution in [0.1, 0.15) is 23.6 Å². The molecule has 2 heteroatoms. The first-order valence-corrected chi connectivity index (χ1v) is 8.54. The SMILES string of the molecule is CC1=C(c2ccc(F)cc2)C(c2ccccc2)=C(c2ccccc2)C1=O. The molecule has 26 heavy (non-hydrogen) atoms. The third-order valence-electron chi connectivity index (χ3n) is 4.70. The zero-order valence-corrected chi connectivity index (χ0v) is 14.4. The van der Waals surface area contributed by atoms with Crippen LogP contribution in [0.3, 0.4) is 0 Å². The minimum atomic E-state index is -0.287. The summed E-state index contributed by atoms with van der Waals surface area (Å²) in [4.78, 5) is 13.2. The molecule has 1 aliphatic rings. The highest BCUT2D eigenvalue weighted by atomic mass is 19.1. The molecule has 0 saturated heterocycles. The highest BCUT2D eigenvalue weighted by Crippen LogP contribution is 2.46. The molecule has 0 aromatic heterocycles. The van der Waals surface area contributed by atoms with Crippen molar-refractivity contribution in [3.63, 3.8) is 0 Å². The van der Waals surface area contributed by atoms with Crippen LogP contribution in [0.5, 0.6) is 0 Å². The maximum absolute atomic E-state index is 13.4. The van der Waals surface area contributed by atoms with Gasteiger partial charge in [-0.2, -0.15) is 0 Å². The Hall–Kier alpha value is -3.26. The summed E-state index contributed by atoms with van der Waals surface area (Å²) in [6.07, 6.45) is 0. The van der Waals surface area contributed by atoms with E-state index >= 15 is 0 Å². The van der Waals surface area contributed by atoms with Crippen LogP contribution in [0.2, 0.25) is 0 Å². The molecule has 0 amide bonds. The number of Topliss-reactive ketones (excluding diaryl/α,β-unsaturated/α-hetero) is 1. The number of allylic oxidation sites excluding steroid dienone is 4. The smallest absolute Gasteiger partial charge is 0.190 e. The van der Waals surface area contributed by atoms with Gasteiger partial charge in [0.25, 0.3) is 0 Å². The van der Waals surface area contributed by atoms with Crippen molar-refractivity contribution in [1.82, 2.24) is 0 Å². The fourth-order valence-corrected chi connectivity index (χ4v) is 3.48. The van der Waals surface area contributed by atoms with E-state index in [1.54, 1.807) is 12.1 Å². The average molecular weight is 340 g/mol. The predicted molar refractivity (Wildman–Crippen MR) is 104 cm³/mol. The lowest BCUT2D eigenvalue weighted by atomic mass is 9.90. The molecule has 0 bridgehead atoms. The summed E-state index contributed by atoms with van der Waals surface area (Å²) in [5.41, 5.74) is 5.90. The summed E-state index contributed by atoms with van der Waals surface area (Å²) >= 11 is 0.